The molecular formula is C30H37FN4O5S. The lowest BCUT2D eigenvalue weighted by Crippen LogP contribution is -2.57. The molecule has 1 aliphatic carbocycles. The van der Waals surface area contributed by atoms with Crippen molar-refractivity contribution in [3.8, 4) is 17.6 Å². The van der Waals surface area contributed by atoms with Crippen molar-refractivity contribution in [2.75, 3.05) is 39.2 Å². The molecule has 5 rings (SSSR count). The number of aromatic nitrogens is 1. The Bertz CT molecular complexity index is 1380. The number of benzene rings is 1. The minimum atomic E-state index is -0.441. The second-order valence-corrected chi connectivity index (χ2v) is 11.9. The van der Waals surface area contributed by atoms with Gasteiger partial charge in [-0.1, -0.05) is 0 Å². The van der Waals surface area contributed by atoms with E-state index in [-0.39, 0.29) is 42.4 Å². The van der Waals surface area contributed by atoms with E-state index in [4.69, 9.17) is 14.2 Å². The molecule has 220 valence electrons. The predicted molar refractivity (Wildman–Crippen MR) is 154 cm³/mol. The Hall–Kier alpha value is -3.07. The van der Waals surface area contributed by atoms with Crippen LogP contribution >= 0.6 is 11.8 Å². The normalized spacial score (nSPS) is 22.6. The number of rotatable bonds is 9. The van der Waals surface area contributed by atoms with Gasteiger partial charge < -0.3 is 24.5 Å². The highest BCUT2D eigenvalue weighted by atomic mass is 32.2. The van der Waals surface area contributed by atoms with Gasteiger partial charge in [-0.3, -0.25) is 14.5 Å². The van der Waals surface area contributed by atoms with Crippen LogP contribution in [0.15, 0.2) is 21.8 Å². The molecule has 2 aromatic rings. The number of likely N-dealkylation sites (tertiary alicyclic amines) is 1. The maximum atomic E-state index is 13.3. The zero-order valence-corrected chi connectivity index (χ0v) is 24.6. The second kappa shape index (κ2) is 12.8. The fourth-order valence-corrected chi connectivity index (χ4v) is 6.85. The van der Waals surface area contributed by atoms with E-state index >= 15 is 0 Å². The molecule has 0 unspecified atom stereocenters. The Morgan fingerprint density at radius 2 is 2.00 bits per heavy atom. The number of pyridine rings is 1. The van der Waals surface area contributed by atoms with Gasteiger partial charge in [0.2, 0.25) is 0 Å². The van der Waals surface area contributed by atoms with Crippen molar-refractivity contribution in [1.82, 2.24) is 15.2 Å². The topological polar surface area (TPSA) is 117 Å². The Morgan fingerprint density at radius 1 is 1.24 bits per heavy atom. The van der Waals surface area contributed by atoms with Gasteiger partial charge in [0.05, 0.1) is 18.3 Å². The van der Waals surface area contributed by atoms with Crippen LogP contribution in [-0.2, 0) is 11.3 Å². The van der Waals surface area contributed by atoms with E-state index in [0.717, 1.165) is 49.4 Å². The highest BCUT2D eigenvalue weighted by Gasteiger charge is 2.39. The van der Waals surface area contributed by atoms with Crippen LogP contribution in [0.4, 0.5) is 4.39 Å². The minimum absolute atomic E-state index is 0.0615. The average Bonchev–Trinajstić information content (AvgIpc) is 2.96. The first-order valence-electron chi connectivity index (χ1n) is 14.2. The van der Waals surface area contributed by atoms with Crippen LogP contribution < -0.4 is 20.3 Å². The molecule has 1 saturated carbocycles. The lowest BCUT2D eigenvalue weighted by molar-refractivity contribution is -0.0845. The standard InChI is InChI=1S/C30H37FN4O5S/c1-17-10-26(41-3)24(30(37)34-17)13-33-29(36)23-11-20(12-32)28-27(18(23)2)40-25(16-39-28)19-4-6-21(7-5-19)35-14-22(15-35)38-9-8-31/h10-11,19,21-22,25H,4-9,13-16H2,1-3H3,(H,33,36)(H,34,37)/t19-,21+,25-/m1/s1. The summed E-state index contributed by atoms with van der Waals surface area (Å²) in [6.45, 7) is 5.50. The van der Waals surface area contributed by atoms with Gasteiger partial charge in [-0.2, -0.15) is 5.26 Å². The fraction of sp³-hybridized carbons (Fsp3) is 0.567. The molecule has 0 radical (unpaired) electrons. The van der Waals surface area contributed by atoms with Crippen LogP contribution in [-0.4, -0.2) is 73.3 Å². The molecule has 1 aromatic heterocycles. The number of nitriles is 1. The van der Waals surface area contributed by atoms with E-state index in [9.17, 15) is 19.2 Å². The molecule has 3 heterocycles. The van der Waals surface area contributed by atoms with E-state index in [2.05, 4.69) is 21.3 Å². The smallest absolute Gasteiger partial charge is 0.254 e. The zero-order chi connectivity index (χ0) is 29.1. The van der Waals surface area contributed by atoms with Crippen LogP contribution in [0.1, 0.15) is 58.4 Å². The van der Waals surface area contributed by atoms with Gasteiger partial charge in [-0.05, 0) is 63.8 Å². The number of aryl methyl sites for hydroxylation is 1. The number of carbonyl (C=O) groups is 1. The molecule has 9 nitrogen and oxygen atoms in total. The van der Waals surface area contributed by atoms with E-state index in [1.165, 1.54) is 17.8 Å². The number of alkyl halides is 1. The van der Waals surface area contributed by atoms with Gasteiger partial charge in [0.15, 0.2) is 11.5 Å². The Balaban J connectivity index is 1.24. The van der Waals surface area contributed by atoms with Gasteiger partial charge in [0, 0.05) is 53.0 Å². The predicted octanol–water partition coefficient (Wildman–Crippen LogP) is 3.88. The summed E-state index contributed by atoms with van der Waals surface area (Å²) in [4.78, 5) is 31.8. The summed E-state index contributed by atoms with van der Waals surface area (Å²) in [5.41, 5.74) is 2.19. The van der Waals surface area contributed by atoms with E-state index in [0.29, 0.717) is 46.8 Å². The molecule has 41 heavy (non-hydrogen) atoms. The summed E-state index contributed by atoms with van der Waals surface area (Å²) in [6.07, 6.45) is 5.95. The van der Waals surface area contributed by atoms with Crippen LogP contribution in [0.25, 0.3) is 0 Å². The number of carbonyl (C=O) groups excluding carboxylic acids is 1. The molecule has 11 heteroatoms. The zero-order valence-electron chi connectivity index (χ0n) is 23.8. The molecule has 3 aliphatic rings. The van der Waals surface area contributed by atoms with Crippen molar-refractivity contribution in [3.05, 3.63) is 50.4 Å². The second-order valence-electron chi connectivity index (χ2n) is 11.0. The molecule has 2 N–H and O–H groups in total. The maximum Gasteiger partial charge on any atom is 0.254 e. The number of nitrogens with zero attached hydrogens (tertiary/aromatic N) is 2. The maximum absolute atomic E-state index is 13.3. The number of hydrogen-bond acceptors (Lipinski definition) is 8. The molecule has 1 amide bonds. The van der Waals surface area contributed by atoms with Crippen LogP contribution in [0.3, 0.4) is 0 Å². The molecule has 1 saturated heterocycles. The number of hydrogen-bond donors (Lipinski definition) is 2. The Labute approximate surface area is 243 Å². The largest absolute Gasteiger partial charge is 0.484 e. The number of amides is 1. The van der Waals surface area contributed by atoms with Crippen molar-refractivity contribution in [3.63, 3.8) is 0 Å². The molecule has 1 atom stereocenters. The van der Waals surface area contributed by atoms with E-state index in [1.54, 1.807) is 6.92 Å². The van der Waals surface area contributed by atoms with Crippen LogP contribution in [0, 0.1) is 31.1 Å². The van der Waals surface area contributed by atoms with Crippen molar-refractivity contribution in [1.29, 1.82) is 5.26 Å². The van der Waals surface area contributed by atoms with Gasteiger partial charge >= 0.3 is 0 Å². The number of nitrogens with one attached hydrogen (secondary N) is 2. The summed E-state index contributed by atoms with van der Waals surface area (Å²) in [5.74, 6) is 0.746. The van der Waals surface area contributed by atoms with Crippen molar-refractivity contribution >= 4 is 17.7 Å². The summed E-state index contributed by atoms with van der Waals surface area (Å²) in [6, 6.07) is 6.07. The molecule has 2 fully saturated rings. The van der Waals surface area contributed by atoms with Crippen molar-refractivity contribution in [2.45, 2.75) is 69.2 Å². The number of H-pyrrole nitrogens is 1. The summed E-state index contributed by atoms with van der Waals surface area (Å²) in [5, 5.41) is 12.7. The first kappa shape index (κ1) is 29.4. The fourth-order valence-electron chi connectivity index (χ4n) is 6.14. The first-order valence-corrected chi connectivity index (χ1v) is 15.4. The van der Waals surface area contributed by atoms with E-state index < -0.39 is 6.67 Å². The van der Waals surface area contributed by atoms with Crippen LogP contribution in [0.2, 0.25) is 0 Å². The molecule has 1 aromatic carbocycles. The number of ether oxygens (including phenoxy) is 3. The third kappa shape index (κ3) is 6.25. The number of thioether (sulfide) groups is 1. The Morgan fingerprint density at radius 3 is 2.68 bits per heavy atom. The monoisotopic (exact) mass is 584 g/mol. The highest BCUT2D eigenvalue weighted by molar-refractivity contribution is 7.98. The van der Waals surface area contributed by atoms with Gasteiger partial charge in [-0.15, -0.1) is 11.8 Å². The van der Waals surface area contributed by atoms with Gasteiger partial charge in [0.1, 0.15) is 25.5 Å². The quantitative estimate of drug-likeness (QED) is 0.427. The minimum Gasteiger partial charge on any atom is -0.484 e. The summed E-state index contributed by atoms with van der Waals surface area (Å²) >= 11 is 1.45. The molecule has 2 aliphatic heterocycles. The van der Waals surface area contributed by atoms with Gasteiger partial charge in [0.25, 0.3) is 11.5 Å². The average molecular weight is 585 g/mol. The highest BCUT2D eigenvalue weighted by Crippen LogP contribution is 2.43. The third-order valence-electron chi connectivity index (χ3n) is 8.48. The lowest BCUT2D eigenvalue weighted by atomic mass is 9.81. The SMILES string of the molecule is CSc1cc(C)[nH]c(=O)c1CNC(=O)c1cc(C#N)c2c(c1C)O[C@@H]([C@H]1CC[C@@H](N3CC(OCCF)C3)CC1)CO2. The lowest BCUT2D eigenvalue weighted by Gasteiger charge is -2.47. The molecule has 0 bridgehead atoms. The van der Waals surface area contributed by atoms with Crippen molar-refractivity contribution < 1.29 is 23.4 Å². The number of aromatic amines is 1. The number of halogens is 1. The van der Waals surface area contributed by atoms with E-state index in [1.807, 2.05) is 19.2 Å². The Kier molecular flexibility index (Phi) is 9.22. The summed E-state index contributed by atoms with van der Waals surface area (Å²) < 4.78 is 30.4. The van der Waals surface area contributed by atoms with Crippen LogP contribution in [0.5, 0.6) is 11.5 Å². The van der Waals surface area contributed by atoms with Gasteiger partial charge in [-0.25, -0.2) is 4.39 Å². The third-order valence-corrected chi connectivity index (χ3v) is 9.28. The van der Waals surface area contributed by atoms with Crippen molar-refractivity contribution in [2.24, 2.45) is 5.92 Å². The molecule has 0 spiro atoms. The molecular weight excluding hydrogens is 547 g/mol. The number of fused-ring (bicyclic) bond motifs is 1. The first-order chi connectivity index (χ1) is 19.8. The summed E-state index contributed by atoms with van der Waals surface area (Å²) in [7, 11) is 0.